The summed E-state index contributed by atoms with van der Waals surface area (Å²) in [5.41, 5.74) is 7.06. The molecular formula is C15H15FN2O2. The largest absolute Gasteiger partial charge is 0.508 e. The maximum atomic E-state index is 13.6. The van der Waals surface area contributed by atoms with E-state index in [1.54, 1.807) is 19.2 Å². The Kier molecular flexibility index (Phi) is 3.89. The Morgan fingerprint density at radius 1 is 1.25 bits per heavy atom. The third kappa shape index (κ3) is 3.06. The van der Waals surface area contributed by atoms with Crippen molar-refractivity contribution in [3.05, 3.63) is 59.4 Å². The Morgan fingerprint density at radius 3 is 2.50 bits per heavy atom. The summed E-state index contributed by atoms with van der Waals surface area (Å²) in [6.45, 7) is 0.347. The van der Waals surface area contributed by atoms with Crippen LogP contribution in [-0.2, 0) is 6.54 Å². The molecule has 0 aliphatic rings. The zero-order chi connectivity index (χ0) is 14.7. The Hall–Kier alpha value is -2.56. The number of carbonyl (C=O) groups excluding carboxylic acids is 1. The van der Waals surface area contributed by atoms with Gasteiger partial charge in [-0.05, 0) is 29.8 Å². The van der Waals surface area contributed by atoms with E-state index in [9.17, 15) is 9.18 Å². The van der Waals surface area contributed by atoms with Crippen molar-refractivity contribution in [2.45, 2.75) is 6.54 Å². The average Bonchev–Trinajstić information content (AvgIpc) is 2.40. The molecule has 2 aromatic carbocycles. The summed E-state index contributed by atoms with van der Waals surface area (Å²) < 4.78 is 13.6. The highest BCUT2D eigenvalue weighted by Crippen LogP contribution is 2.17. The van der Waals surface area contributed by atoms with E-state index in [-0.39, 0.29) is 11.3 Å². The number of nitrogens with two attached hydrogens (primary N) is 1. The number of nitrogen functional groups attached to an aromatic ring is 1. The fourth-order valence-corrected chi connectivity index (χ4v) is 1.85. The quantitative estimate of drug-likeness (QED) is 0.844. The summed E-state index contributed by atoms with van der Waals surface area (Å²) in [4.78, 5) is 13.5. The number of benzene rings is 2. The molecule has 2 rings (SSSR count). The van der Waals surface area contributed by atoms with Gasteiger partial charge in [0.05, 0.1) is 5.56 Å². The van der Waals surface area contributed by atoms with Crippen LogP contribution in [0.2, 0.25) is 0 Å². The monoisotopic (exact) mass is 274 g/mol. The second-order valence-corrected chi connectivity index (χ2v) is 4.57. The SMILES string of the molecule is CN(Cc1ccc(N)cc1)C(=O)c1ccc(O)cc1F. The molecule has 0 atom stereocenters. The average molecular weight is 274 g/mol. The van der Waals surface area contributed by atoms with Crippen molar-refractivity contribution in [3.63, 3.8) is 0 Å². The topological polar surface area (TPSA) is 66.6 Å². The number of phenolic OH excluding ortho intramolecular Hbond substituents is 1. The van der Waals surface area contributed by atoms with Crippen LogP contribution in [0.3, 0.4) is 0 Å². The summed E-state index contributed by atoms with van der Waals surface area (Å²) in [5, 5.41) is 9.14. The highest BCUT2D eigenvalue weighted by Gasteiger charge is 2.16. The number of phenols is 1. The highest BCUT2D eigenvalue weighted by atomic mass is 19.1. The first-order valence-corrected chi connectivity index (χ1v) is 6.06. The van der Waals surface area contributed by atoms with Crippen LogP contribution in [-0.4, -0.2) is 23.0 Å². The van der Waals surface area contributed by atoms with Crippen molar-refractivity contribution in [3.8, 4) is 5.75 Å². The third-order valence-corrected chi connectivity index (χ3v) is 2.93. The molecule has 0 unspecified atom stereocenters. The van der Waals surface area contributed by atoms with Crippen molar-refractivity contribution in [2.24, 2.45) is 0 Å². The molecule has 2 aromatic rings. The van der Waals surface area contributed by atoms with E-state index in [4.69, 9.17) is 10.8 Å². The summed E-state index contributed by atoms with van der Waals surface area (Å²) in [5.74, 6) is -1.39. The van der Waals surface area contributed by atoms with Crippen molar-refractivity contribution in [1.29, 1.82) is 0 Å². The fraction of sp³-hybridized carbons (Fsp3) is 0.133. The number of carbonyl (C=O) groups is 1. The first-order valence-electron chi connectivity index (χ1n) is 6.06. The smallest absolute Gasteiger partial charge is 0.256 e. The van der Waals surface area contributed by atoms with Gasteiger partial charge in [0, 0.05) is 25.3 Å². The maximum absolute atomic E-state index is 13.6. The lowest BCUT2D eigenvalue weighted by atomic mass is 10.1. The number of amides is 1. The van der Waals surface area contributed by atoms with E-state index in [0.29, 0.717) is 12.2 Å². The Morgan fingerprint density at radius 2 is 1.90 bits per heavy atom. The van der Waals surface area contributed by atoms with E-state index >= 15 is 0 Å². The summed E-state index contributed by atoms with van der Waals surface area (Å²) >= 11 is 0. The van der Waals surface area contributed by atoms with Crippen molar-refractivity contribution in [2.75, 3.05) is 12.8 Å². The summed E-state index contributed by atoms with van der Waals surface area (Å²) in [6, 6.07) is 10.6. The normalized spacial score (nSPS) is 10.3. The van der Waals surface area contributed by atoms with E-state index in [0.717, 1.165) is 11.6 Å². The van der Waals surface area contributed by atoms with Crippen molar-refractivity contribution < 1.29 is 14.3 Å². The molecule has 5 heteroatoms. The first kappa shape index (κ1) is 13.9. The predicted octanol–water partition coefficient (Wildman–Crippen LogP) is 2.39. The van der Waals surface area contributed by atoms with Crippen LogP contribution in [0.5, 0.6) is 5.75 Å². The molecule has 0 spiro atoms. The van der Waals surface area contributed by atoms with Gasteiger partial charge in [0.25, 0.3) is 5.91 Å². The minimum Gasteiger partial charge on any atom is -0.508 e. The number of halogens is 1. The van der Waals surface area contributed by atoms with Gasteiger partial charge >= 0.3 is 0 Å². The van der Waals surface area contributed by atoms with Gasteiger partial charge in [-0.25, -0.2) is 4.39 Å². The van der Waals surface area contributed by atoms with Gasteiger partial charge in [0.1, 0.15) is 11.6 Å². The van der Waals surface area contributed by atoms with E-state index in [1.165, 1.54) is 17.0 Å². The van der Waals surface area contributed by atoms with Crippen molar-refractivity contribution >= 4 is 11.6 Å². The lowest BCUT2D eigenvalue weighted by molar-refractivity contribution is 0.0780. The van der Waals surface area contributed by atoms with Gasteiger partial charge in [-0.15, -0.1) is 0 Å². The van der Waals surface area contributed by atoms with Gasteiger partial charge in [-0.1, -0.05) is 12.1 Å². The zero-order valence-electron chi connectivity index (χ0n) is 11.0. The minimum atomic E-state index is -0.737. The van der Waals surface area contributed by atoms with Gasteiger partial charge in [-0.2, -0.15) is 0 Å². The number of hydrogen-bond acceptors (Lipinski definition) is 3. The number of hydrogen-bond donors (Lipinski definition) is 2. The molecule has 20 heavy (non-hydrogen) atoms. The Labute approximate surface area is 116 Å². The van der Waals surface area contributed by atoms with Gasteiger partial charge in [0.15, 0.2) is 0 Å². The second-order valence-electron chi connectivity index (χ2n) is 4.57. The minimum absolute atomic E-state index is 0.0688. The zero-order valence-corrected chi connectivity index (χ0v) is 11.0. The van der Waals surface area contributed by atoms with Crippen LogP contribution < -0.4 is 5.73 Å². The van der Waals surface area contributed by atoms with Crippen LogP contribution in [0.15, 0.2) is 42.5 Å². The lowest BCUT2D eigenvalue weighted by Crippen LogP contribution is -2.27. The molecule has 0 radical (unpaired) electrons. The van der Waals surface area contributed by atoms with Crippen LogP contribution in [0.25, 0.3) is 0 Å². The van der Waals surface area contributed by atoms with E-state index < -0.39 is 11.7 Å². The van der Waals surface area contributed by atoms with Crippen molar-refractivity contribution in [1.82, 2.24) is 4.90 Å². The maximum Gasteiger partial charge on any atom is 0.256 e. The molecule has 0 aromatic heterocycles. The highest BCUT2D eigenvalue weighted by molar-refractivity contribution is 5.94. The molecule has 0 bridgehead atoms. The third-order valence-electron chi connectivity index (χ3n) is 2.93. The van der Waals surface area contributed by atoms with E-state index in [1.807, 2.05) is 12.1 Å². The molecular weight excluding hydrogens is 259 g/mol. The first-order chi connectivity index (χ1) is 9.47. The summed E-state index contributed by atoms with van der Waals surface area (Å²) in [6.07, 6.45) is 0. The van der Waals surface area contributed by atoms with Crippen LogP contribution in [0.4, 0.5) is 10.1 Å². The standard InChI is InChI=1S/C15H15FN2O2/c1-18(9-10-2-4-11(17)5-3-10)15(20)13-7-6-12(19)8-14(13)16/h2-8,19H,9,17H2,1H3. The predicted molar refractivity (Wildman–Crippen MR) is 74.7 cm³/mol. The van der Waals surface area contributed by atoms with Crippen LogP contribution >= 0.6 is 0 Å². The molecule has 4 nitrogen and oxygen atoms in total. The molecule has 0 aliphatic carbocycles. The lowest BCUT2D eigenvalue weighted by Gasteiger charge is -2.18. The Bertz CT molecular complexity index is 626. The molecule has 0 heterocycles. The van der Waals surface area contributed by atoms with Gasteiger partial charge in [-0.3, -0.25) is 4.79 Å². The van der Waals surface area contributed by atoms with Crippen LogP contribution in [0, 0.1) is 5.82 Å². The number of aromatic hydroxyl groups is 1. The molecule has 104 valence electrons. The second kappa shape index (κ2) is 5.61. The molecule has 3 N–H and O–H groups in total. The van der Waals surface area contributed by atoms with Crippen LogP contribution in [0.1, 0.15) is 15.9 Å². The van der Waals surface area contributed by atoms with Gasteiger partial charge in [0.2, 0.25) is 0 Å². The van der Waals surface area contributed by atoms with E-state index in [2.05, 4.69) is 0 Å². The fourth-order valence-electron chi connectivity index (χ4n) is 1.85. The summed E-state index contributed by atoms with van der Waals surface area (Å²) in [7, 11) is 1.59. The molecule has 1 amide bonds. The molecule has 0 saturated carbocycles. The van der Waals surface area contributed by atoms with Gasteiger partial charge < -0.3 is 15.7 Å². The molecule has 0 aliphatic heterocycles. The number of rotatable bonds is 3. The number of anilines is 1. The molecule has 0 saturated heterocycles. The Balaban J connectivity index is 2.14. The molecule has 0 fully saturated rings. The number of nitrogens with zero attached hydrogens (tertiary/aromatic N) is 1.